The molecule has 1 saturated heterocycles. The number of carbonyl (C=O) groups is 1. The Hall–Kier alpha value is -2.70. The lowest BCUT2D eigenvalue weighted by Gasteiger charge is -2.33. The van der Waals surface area contributed by atoms with E-state index >= 15 is 0 Å². The van der Waals surface area contributed by atoms with Crippen molar-refractivity contribution in [3.05, 3.63) is 59.9 Å². The predicted octanol–water partition coefficient (Wildman–Crippen LogP) is 3.09. The second-order valence-electron chi connectivity index (χ2n) is 7.92. The molecule has 30 heavy (non-hydrogen) atoms. The van der Waals surface area contributed by atoms with E-state index in [4.69, 9.17) is 0 Å². The predicted molar refractivity (Wildman–Crippen MR) is 121 cm³/mol. The van der Waals surface area contributed by atoms with Crippen molar-refractivity contribution >= 4 is 16.9 Å². The highest BCUT2D eigenvalue weighted by Crippen LogP contribution is 2.22. The van der Waals surface area contributed by atoms with Crippen molar-refractivity contribution < 1.29 is 4.79 Å². The van der Waals surface area contributed by atoms with Crippen LogP contribution in [0.15, 0.2) is 48.5 Å². The number of piperazine rings is 1. The molecule has 2 aromatic carbocycles. The van der Waals surface area contributed by atoms with Gasteiger partial charge in [0.25, 0.3) is 5.91 Å². The Balaban J connectivity index is 1.34. The molecular formula is C24H31N5O. The van der Waals surface area contributed by atoms with E-state index in [9.17, 15) is 4.79 Å². The van der Waals surface area contributed by atoms with Crippen LogP contribution >= 0.6 is 0 Å². The molecule has 0 atom stereocenters. The van der Waals surface area contributed by atoms with Crippen molar-refractivity contribution in [2.45, 2.75) is 20.3 Å². The highest BCUT2D eigenvalue weighted by atomic mass is 16.1. The zero-order chi connectivity index (χ0) is 20.9. The maximum absolute atomic E-state index is 12.6. The number of benzene rings is 2. The van der Waals surface area contributed by atoms with E-state index in [1.807, 2.05) is 43.3 Å². The summed E-state index contributed by atoms with van der Waals surface area (Å²) in [4.78, 5) is 22.3. The van der Waals surface area contributed by atoms with Crippen molar-refractivity contribution in [1.29, 1.82) is 0 Å². The van der Waals surface area contributed by atoms with Crippen LogP contribution in [0.3, 0.4) is 0 Å². The summed E-state index contributed by atoms with van der Waals surface area (Å²) >= 11 is 0. The molecule has 1 aliphatic heterocycles. The molecule has 1 aromatic heterocycles. The number of aromatic nitrogens is 2. The van der Waals surface area contributed by atoms with Gasteiger partial charge in [0.2, 0.25) is 0 Å². The molecule has 1 fully saturated rings. The standard InChI is InChI=1S/C24H31N5O/c1-3-27-14-16-28(17-15-27)13-7-12-25-24(30)20-10-11-23-22(18-20)26-19(2)29(23)21-8-5-4-6-9-21/h4-6,8-11,18H,3,7,12-17H2,1-2H3,(H,25,30). The van der Waals surface area contributed by atoms with Gasteiger partial charge >= 0.3 is 0 Å². The molecule has 0 spiro atoms. The normalized spacial score (nSPS) is 15.5. The lowest BCUT2D eigenvalue weighted by atomic mass is 10.2. The number of fused-ring (bicyclic) bond motifs is 1. The van der Waals surface area contributed by atoms with Crippen LogP contribution in [0.5, 0.6) is 0 Å². The van der Waals surface area contributed by atoms with E-state index in [0.717, 1.165) is 68.2 Å². The van der Waals surface area contributed by atoms with Crippen LogP contribution in [0.4, 0.5) is 0 Å². The van der Waals surface area contributed by atoms with Crippen molar-refractivity contribution in [2.24, 2.45) is 0 Å². The summed E-state index contributed by atoms with van der Waals surface area (Å²) in [6.07, 6.45) is 0.974. The molecule has 4 rings (SSSR count). The van der Waals surface area contributed by atoms with Gasteiger partial charge in [0.15, 0.2) is 0 Å². The molecular weight excluding hydrogens is 374 g/mol. The van der Waals surface area contributed by atoms with Gasteiger partial charge in [-0.1, -0.05) is 25.1 Å². The minimum absolute atomic E-state index is 0.0281. The Kier molecular flexibility index (Phi) is 6.45. The van der Waals surface area contributed by atoms with Gasteiger partial charge in [-0.2, -0.15) is 0 Å². The maximum atomic E-state index is 12.6. The summed E-state index contributed by atoms with van der Waals surface area (Å²) in [6, 6.07) is 15.9. The van der Waals surface area contributed by atoms with Gasteiger partial charge in [0, 0.05) is 44.0 Å². The molecule has 0 radical (unpaired) electrons. The zero-order valence-corrected chi connectivity index (χ0v) is 18.0. The molecule has 0 aliphatic carbocycles. The molecule has 1 N–H and O–H groups in total. The molecule has 0 unspecified atom stereocenters. The smallest absolute Gasteiger partial charge is 0.251 e. The van der Waals surface area contributed by atoms with Crippen LogP contribution in [-0.2, 0) is 0 Å². The van der Waals surface area contributed by atoms with Gasteiger partial charge in [-0.05, 0) is 56.8 Å². The van der Waals surface area contributed by atoms with Gasteiger partial charge in [0.1, 0.15) is 5.82 Å². The molecule has 0 saturated carbocycles. The van der Waals surface area contributed by atoms with E-state index < -0.39 is 0 Å². The first kappa shape index (κ1) is 20.6. The molecule has 6 nitrogen and oxygen atoms in total. The second kappa shape index (κ2) is 9.41. The first-order chi connectivity index (χ1) is 14.7. The van der Waals surface area contributed by atoms with Crippen LogP contribution in [0.1, 0.15) is 29.5 Å². The summed E-state index contributed by atoms with van der Waals surface area (Å²) < 4.78 is 2.12. The molecule has 158 valence electrons. The Morgan fingerprint density at radius 1 is 1.03 bits per heavy atom. The number of hydrogen-bond donors (Lipinski definition) is 1. The van der Waals surface area contributed by atoms with E-state index in [1.165, 1.54) is 0 Å². The molecule has 1 amide bonds. The van der Waals surface area contributed by atoms with Crippen LogP contribution in [0, 0.1) is 6.92 Å². The Morgan fingerprint density at radius 2 is 1.77 bits per heavy atom. The number of para-hydroxylation sites is 1. The van der Waals surface area contributed by atoms with Crippen LogP contribution < -0.4 is 5.32 Å². The maximum Gasteiger partial charge on any atom is 0.251 e. The van der Waals surface area contributed by atoms with E-state index in [0.29, 0.717) is 12.1 Å². The summed E-state index contributed by atoms with van der Waals surface area (Å²) in [7, 11) is 0. The Labute approximate surface area is 178 Å². The zero-order valence-electron chi connectivity index (χ0n) is 18.0. The number of nitrogens with one attached hydrogen (secondary N) is 1. The highest BCUT2D eigenvalue weighted by Gasteiger charge is 2.15. The minimum Gasteiger partial charge on any atom is -0.352 e. The summed E-state index contributed by atoms with van der Waals surface area (Å²) in [5.74, 6) is 0.886. The molecule has 1 aliphatic rings. The van der Waals surface area contributed by atoms with Crippen LogP contribution in [0.2, 0.25) is 0 Å². The van der Waals surface area contributed by atoms with E-state index in [2.05, 4.69) is 43.7 Å². The first-order valence-corrected chi connectivity index (χ1v) is 10.9. The fraction of sp³-hybridized carbons (Fsp3) is 0.417. The lowest BCUT2D eigenvalue weighted by molar-refractivity contribution is 0.0948. The SMILES string of the molecule is CCN1CCN(CCCNC(=O)c2ccc3c(c2)nc(C)n3-c2ccccc2)CC1. The van der Waals surface area contributed by atoms with Crippen molar-refractivity contribution in [3.8, 4) is 5.69 Å². The minimum atomic E-state index is -0.0281. The third-order valence-electron chi connectivity index (χ3n) is 5.95. The average Bonchev–Trinajstić information content (AvgIpc) is 3.12. The molecule has 6 heteroatoms. The fourth-order valence-corrected chi connectivity index (χ4v) is 4.18. The van der Waals surface area contributed by atoms with Gasteiger partial charge in [-0.15, -0.1) is 0 Å². The van der Waals surface area contributed by atoms with Crippen LogP contribution in [-0.4, -0.2) is 71.1 Å². The summed E-state index contributed by atoms with van der Waals surface area (Å²) in [5.41, 5.74) is 3.60. The monoisotopic (exact) mass is 405 g/mol. The molecule has 0 bridgehead atoms. The Morgan fingerprint density at radius 3 is 2.50 bits per heavy atom. The number of amides is 1. The van der Waals surface area contributed by atoms with Crippen molar-refractivity contribution in [1.82, 2.24) is 24.7 Å². The quantitative estimate of drug-likeness (QED) is 0.614. The number of nitrogens with zero attached hydrogens (tertiary/aromatic N) is 4. The number of hydrogen-bond acceptors (Lipinski definition) is 4. The summed E-state index contributed by atoms with van der Waals surface area (Å²) in [5, 5.41) is 3.07. The van der Waals surface area contributed by atoms with Crippen LogP contribution in [0.25, 0.3) is 16.7 Å². The lowest BCUT2D eigenvalue weighted by Crippen LogP contribution is -2.46. The van der Waals surface area contributed by atoms with E-state index in [-0.39, 0.29) is 5.91 Å². The second-order valence-corrected chi connectivity index (χ2v) is 7.92. The summed E-state index contributed by atoms with van der Waals surface area (Å²) in [6.45, 7) is 11.6. The fourth-order valence-electron chi connectivity index (χ4n) is 4.18. The third kappa shape index (κ3) is 4.55. The van der Waals surface area contributed by atoms with Gasteiger partial charge in [-0.3, -0.25) is 9.36 Å². The number of aryl methyl sites for hydroxylation is 1. The number of imidazole rings is 1. The molecule has 2 heterocycles. The topological polar surface area (TPSA) is 53.4 Å². The number of carbonyl (C=O) groups excluding carboxylic acids is 1. The average molecular weight is 406 g/mol. The third-order valence-corrected chi connectivity index (χ3v) is 5.95. The van der Waals surface area contributed by atoms with Crippen molar-refractivity contribution in [3.63, 3.8) is 0 Å². The largest absolute Gasteiger partial charge is 0.352 e. The Bertz CT molecular complexity index is 990. The molecule has 3 aromatic rings. The first-order valence-electron chi connectivity index (χ1n) is 10.9. The number of likely N-dealkylation sites (N-methyl/N-ethyl adjacent to an activating group) is 1. The highest BCUT2D eigenvalue weighted by molar-refractivity contribution is 5.97. The van der Waals surface area contributed by atoms with E-state index in [1.54, 1.807) is 0 Å². The van der Waals surface area contributed by atoms with Crippen molar-refractivity contribution in [2.75, 3.05) is 45.8 Å². The van der Waals surface area contributed by atoms with Gasteiger partial charge in [-0.25, -0.2) is 4.98 Å². The van der Waals surface area contributed by atoms with Gasteiger partial charge in [0.05, 0.1) is 11.0 Å². The number of rotatable bonds is 7. The van der Waals surface area contributed by atoms with Gasteiger partial charge < -0.3 is 15.1 Å².